The van der Waals surface area contributed by atoms with Gasteiger partial charge >= 0.3 is 0 Å². The highest BCUT2D eigenvalue weighted by atomic mass is 16.6. The van der Waals surface area contributed by atoms with Crippen molar-refractivity contribution in [1.29, 1.82) is 0 Å². The van der Waals surface area contributed by atoms with Crippen molar-refractivity contribution in [2.75, 3.05) is 14.1 Å². The summed E-state index contributed by atoms with van der Waals surface area (Å²) < 4.78 is 0. The zero-order chi connectivity index (χ0) is 13.1. The van der Waals surface area contributed by atoms with Crippen molar-refractivity contribution in [3.63, 3.8) is 0 Å². The standard InChI is InChI=1S/C7H16N2.C2H6.CH3NO2/c1-6(8-5)9-7(2,3)4;1-2;1-2(3)4/h8-9H,1H2,2-5H3;1-2H3;1H3. The minimum absolute atomic E-state index is 0.111. The minimum Gasteiger partial charge on any atom is -0.375 e. The van der Waals surface area contributed by atoms with Crippen molar-refractivity contribution in [3.05, 3.63) is 22.5 Å². The van der Waals surface area contributed by atoms with Crippen LogP contribution in [0.25, 0.3) is 0 Å². The molecule has 92 valence electrons. The third-order valence-corrected chi connectivity index (χ3v) is 0.828. The minimum atomic E-state index is -0.500. The van der Waals surface area contributed by atoms with Gasteiger partial charge in [-0.1, -0.05) is 20.4 Å². The van der Waals surface area contributed by atoms with Crippen molar-refractivity contribution in [3.8, 4) is 0 Å². The maximum atomic E-state index is 8.81. The average Bonchev–Trinajstić information content (AvgIpc) is 2.04. The molecule has 0 unspecified atom stereocenters. The lowest BCUT2D eigenvalue weighted by Gasteiger charge is -2.23. The smallest absolute Gasteiger partial charge is 0.194 e. The molecule has 0 saturated heterocycles. The first-order valence-corrected chi connectivity index (χ1v) is 4.92. The van der Waals surface area contributed by atoms with Crippen LogP contribution < -0.4 is 10.6 Å². The monoisotopic (exact) mass is 219 g/mol. The van der Waals surface area contributed by atoms with E-state index in [2.05, 4.69) is 38.0 Å². The summed E-state index contributed by atoms with van der Waals surface area (Å²) >= 11 is 0. The molecule has 5 nitrogen and oxygen atoms in total. The van der Waals surface area contributed by atoms with Crippen LogP contribution in [0.3, 0.4) is 0 Å². The molecule has 0 saturated carbocycles. The molecule has 2 N–H and O–H groups in total. The fraction of sp³-hybridized carbons (Fsp3) is 0.800. The van der Waals surface area contributed by atoms with Crippen molar-refractivity contribution in [2.24, 2.45) is 0 Å². The molecule has 0 rings (SSSR count). The van der Waals surface area contributed by atoms with Gasteiger partial charge < -0.3 is 10.6 Å². The topological polar surface area (TPSA) is 67.2 Å². The second-order valence-corrected chi connectivity index (χ2v) is 3.54. The Labute approximate surface area is 93.1 Å². The highest BCUT2D eigenvalue weighted by Crippen LogP contribution is 1.99. The van der Waals surface area contributed by atoms with Gasteiger partial charge in [0, 0.05) is 17.5 Å². The van der Waals surface area contributed by atoms with Crippen LogP contribution in [0.1, 0.15) is 34.6 Å². The van der Waals surface area contributed by atoms with Crippen molar-refractivity contribution < 1.29 is 4.92 Å². The van der Waals surface area contributed by atoms with Gasteiger partial charge in [-0.2, -0.15) is 0 Å². The predicted octanol–water partition coefficient (Wildman–Crippen LogP) is 1.98. The highest BCUT2D eigenvalue weighted by molar-refractivity contribution is 4.91. The van der Waals surface area contributed by atoms with E-state index in [9.17, 15) is 0 Å². The summed E-state index contributed by atoms with van der Waals surface area (Å²) in [6.07, 6.45) is 0. The van der Waals surface area contributed by atoms with E-state index >= 15 is 0 Å². The first kappa shape index (κ1) is 19.3. The maximum absolute atomic E-state index is 8.81. The number of nitro groups is 1. The summed E-state index contributed by atoms with van der Waals surface area (Å²) in [6, 6.07) is 0. The highest BCUT2D eigenvalue weighted by Gasteiger charge is 2.07. The van der Waals surface area contributed by atoms with Gasteiger partial charge in [0.1, 0.15) is 0 Å². The summed E-state index contributed by atoms with van der Waals surface area (Å²) in [5.41, 5.74) is 0.111. The summed E-state index contributed by atoms with van der Waals surface area (Å²) in [6.45, 7) is 14.0. The van der Waals surface area contributed by atoms with Gasteiger partial charge in [-0.3, -0.25) is 10.1 Å². The molecular weight excluding hydrogens is 194 g/mol. The molecule has 5 heteroatoms. The third kappa shape index (κ3) is 44.6. The largest absolute Gasteiger partial charge is 0.375 e. The Balaban J connectivity index is -0.000000202. The van der Waals surface area contributed by atoms with Crippen LogP contribution in [0.15, 0.2) is 12.4 Å². The van der Waals surface area contributed by atoms with E-state index in [4.69, 9.17) is 10.1 Å². The zero-order valence-corrected chi connectivity index (χ0v) is 11.0. The Morgan fingerprint density at radius 1 is 1.33 bits per heavy atom. The molecule has 0 amide bonds. The Morgan fingerprint density at radius 3 is 1.67 bits per heavy atom. The number of nitrogens with zero attached hydrogens (tertiary/aromatic N) is 1. The van der Waals surface area contributed by atoms with Crippen LogP contribution in [0.5, 0.6) is 0 Å². The van der Waals surface area contributed by atoms with Gasteiger partial charge in [0.05, 0.1) is 5.82 Å². The Bertz CT molecular complexity index is 170. The summed E-state index contributed by atoms with van der Waals surface area (Å²) in [5.74, 6) is 0.863. The van der Waals surface area contributed by atoms with Crippen LogP contribution in [0, 0.1) is 10.1 Å². The SMILES string of the molecule is C=C(NC)NC(C)(C)C.CC.C[N+](=O)[O-]. The second-order valence-electron chi connectivity index (χ2n) is 3.54. The fourth-order valence-corrected chi connectivity index (χ4v) is 0.515. The molecule has 0 heterocycles. The van der Waals surface area contributed by atoms with Gasteiger partial charge in [-0.25, -0.2) is 0 Å². The van der Waals surface area contributed by atoms with E-state index in [-0.39, 0.29) is 5.54 Å². The predicted molar refractivity (Wildman–Crippen MR) is 65.4 cm³/mol. The first-order valence-electron chi connectivity index (χ1n) is 4.92. The van der Waals surface area contributed by atoms with Gasteiger partial charge in [0.25, 0.3) is 0 Å². The molecule has 0 aliphatic rings. The molecule has 0 aliphatic heterocycles. The number of hydrogen-bond acceptors (Lipinski definition) is 4. The maximum Gasteiger partial charge on any atom is 0.194 e. The molecule has 0 atom stereocenters. The van der Waals surface area contributed by atoms with Gasteiger partial charge in [0.2, 0.25) is 0 Å². The molecule has 0 bridgehead atoms. The molecule has 15 heavy (non-hydrogen) atoms. The normalized spacial score (nSPS) is 8.47. The Morgan fingerprint density at radius 2 is 1.60 bits per heavy atom. The molecule has 0 spiro atoms. The third-order valence-electron chi connectivity index (χ3n) is 0.828. The van der Waals surface area contributed by atoms with Crippen LogP contribution >= 0.6 is 0 Å². The molecule has 0 aromatic carbocycles. The fourth-order valence-electron chi connectivity index (χ4n) is 0.515. The van der Waals surface area contributed by atoms with E-state index in [1.165, 1.54) is 0 Å². The van der Waals surface area contributed by atoms with Crippen molar-refractivity contribution in [1.82, 2.24) is 10.6 Å². The van der Waals surface area contributed by atoms with E-state index in [1.807, 2.05) is 20.9 Å². The number of hydrogen-bond donors (Lipinski definition) is 2. The summed E-state index contributed by atoms with van der Waals surface area (Å²) in [5, 5.41) is 14.9. The molecule has 0 aromatic rings. The van der Waals surface area contributed by atoms with Gasteiger partial charge in [0.15, 0.2) is 7.05 Å². The van der Waals surface area contributed by atoms with Crippen LogP contribution in [0.2, 0.25) is 0 Å². The summed E-state index contributed by atoms with van der Waals surface area (Å²) in [4.78, 5) is 8.31. The molecule has 0 fully saturated rings. The first-order chi connectivity index (χ1) is 6.69. The van der Waals surface area contributed by atoms with Crippen LogP contribution in [-0.2, 0) is 0 Å². The van der Waals surface area contributed by atoms with E-state index in [1.54, 1.807) is 0 Å². The lowest BCUT2D eigenvalue weighted by Crippen LogP contribution is -2.38. The molecule has 0 aromatic heterocycles. The lowest BCUT2D eigenvalue weighted by molar-refractivity contribution is -0.445. The zero-order valence-electron chi connectivity index (χ0n) is 11.0. The van der Waals surface area contributed by atoms with E-state index in [0.29, 0.717) is 0 Å². The lowest BCUT2D eigenvalue weighted by atomic mass is 10.1. The van der Waals surface area contributed by atoms with Crippen LogP contribution in [0.4, 0.5) is 0 Å². The van der Waals surface area contributed by atoms with Crippen LogP contribution in [-0.4, -0.2) is 24.6 Å². The van der Waals surface area contributed by atoms with Gasteiger partial charge in [-0.15, -0.1) is 0 Å². The number of rotatable bonds is 2. The summed E-state index contributed by atoms with van der Waals surface area (Å²) in [7, 11) is 2.74. The van der Waals surface area contributed by atoms with E-state index in [0.717, 1.165) is 12.9 Å². The second kappa shape index (κ2) is 10.8. The Hall–Kier alpha value is -1.26. The van der Waals surface area contributed by atoms with Crippen molar-refractivity contribution in [2.45, 2.75) is 40.2 Å². The van der Waals surface area contributed by atoms with E-state index < -0.39 is 4.92 Å². The number of nitrogens with one attached hydrogen (secondary N) is 2. The van der Waals surface area contributed by atoms with Gasteiger partial charge in [-0.05, 0) is 20.8 Å². The quantitative estimate of drug-likeness (QED) is 0.550. The molecule has 0 aliphatic carbocycles. The molecule has 0 radical (unpaired) electrons. The average molecular weight is 219 g/mol. The van der Waals surface area contributed by atoms with Crippen molar-refractivity contribution >= 4 is 0 Å². The molecular formula is C10H25N3O2. The Kier molecular flexibility index (Phi) is 13.9.